The van der Waals surface area contributed by atoms with Crippen LogP contribution in [0.2, 0.25) is 0 Å². The van der Waals surface area contributed by atoms with E-state index in [1.807, 2.05) is 53.1 Å². The van der Waals surface area contributed by atoms with Crippen molar-refractivity contribution >= 4 is 29.0 Å². The maximum Gasteiger partial charge on any atom is 0.234 e. The number of carbonyl (C=O) groups is 1. The third-order valence-electron chi connectivity index (χ3n) is 5.86. The molecular weight excluding hydrogens is 460 g/mol. The van der Waals surface area contributed by atoms with Gasteiger partial charge >= 0.3 is 0 Å². The average Bonchev–Trinajstić information content (AvgIpc) is 3.59. The first-order valence-corrected chi connectivity index (χ1v) is 12.5. The molecule has 0 radical (unpaired) electrons. The molecule has 0 saturated carbocycles. The van der Waals surface area contributed by atoms with E-state index in [0.717, 1.165) is 35.8 Å². The molecule has 4 aromatic rings. The largest absolute Gasteiger partial charge is 0.497 e. The molecule has 0 atom stereocenters. The number of hydrogen-bond donors (Lipinski definition) is 1. The molecule has 0 aliphatic carbocycles. The van der Waals surface area contributed by atoms with Crippen molar-refractivity contribution in [1.82, 2.24) is 19.7 Å². The molecule has 3 heterocycles. The van der Waals surface area contributed by atoms with Gasteiger partial charge < -0.3 is 15.0 Å². The number of hydrogen-bond acceptors (Lipinski definition) is 7. The number of benzene rings is 2. The second kappa shape index (κ2) is 10.6. The predicted molar refractivity (Wildman–Crippen MR) is 138 cm³/mol. The summed E-state index contributed by atoms with van der Waals surface area (Å²) in [6.45, 7) is 2.19. The van der Waals surface area contributed by atoms with E-state index in [0.29, 0.717) is 11.0 Å². The maximum atomic E-state index is 12.7. The molecule has 9 heteroatoms. The van der Waals surface area contributed by atoms with Gasteiger partial charge in [0.2, 0.25) is 5.91 Å². The number of nitrogens with one attached hydrogen (secondary N) is 1. The summed E-state index contributed by atoms with van der Waals surface area (Å²) in [4.78, 5) is 19.2. The number of thioether (sulfide) groups is 1. The second-order valence-electron chi connectivity index (χ2n) is 8.15. The van der Waals surface area contributed by atoms with Gasteiger partial charge in [0.25, 0.3) is 0 Å². The van der Waals surface area contributed by atoms with E-state index >= 15 is 0 Å². The number of ether oxygens (including phenoxy) is 1. The fourth-order valence-corrected chi connectivity index (χ4v) is 4.83. The zero-order valence-electron chi connectivity index (χ0n) is 19.4. The molecule has 0 bridgehead atoms. The highest BCUT2D eigenvalue weighted by Crippen LogP contribution is 2.29. The van der Waals surface area contributed by atoms with Gasteiger partial charge in [-0.05, 0) is 73.5 Å². The summed E-state index contributed by atoms with van der Waals surface area (Å²) in [6.07, 6.45) is 5.91. The number of amides is 1. The van der Waals surface area contributed by atoms with E-state index in [1.165, 1.54) is 30.3 Å². The predicted octanol–water partition coefficient (Wildman–Crippen LogP) is 4.67. The number of carbonyl (C=O) groups excluding carboxylic acids is 1. The lowest BCUT2D eigenvalue weighted by Gasteiger charge is -2.17. The lowest BCUT2D eigenvalue weighted by molar-refractivity contribution is -0.113. The molecule has 0 unspecified atom stereocenters. The number of methoxy groups -OCH3 is 1. The Hall–Kier alpha value is -3.85. The van der Waals surface area contributed by atoms with Gasteiger partial charge in [0.15, 0.2) is 11.0 Å². The van der Waals surface area contributed by atoms with E-state index in [2.05, 4.69) is 37.5 Å². The quantitative estimate of drug-likeness (QED) is 0.362. The van der Waals surface area contributed by atoms with E-state index < -0.39 is 0 Å². The minimum absolute atomic E-state index is 0.0985. The van der Waals surface area contributed by atoms with Crippen LogP contribution in [0.15, 0.2) is 78.2 Å². The van der Waals surface area contributed by atoms with Crippen molar-refractivity contribution in [2.45, 2.75) is 18.0 Å². The topological polar surface area (TPSA) is 85.2 Å². The molecule has 5 rings (SSSR count). The van der Waals surface area contributed by atoms with Crippen molar-refractivity contribution in [1.29, 1.82) is 0 Å². The summed E-state index contributed by atoms with van der Waals surface area (Å²) in [5, 5.41) is 12.4. The van der Waals surface area contributed by atoms with Crippen LogP contribution < -0.4 is 15.0 Å². The zero-order valence-corrected chi connectivity index (χ0v) is 20.2. The molecular formula is C26H26N6O2S. The van der Waals surface area contributed by atoms with Crippen LogP contribution in [-0.2, 0) is 4.79 Å². The SMILES string of the molecule is COc1ccc(-n2c(SCC(=O)Nc3ccc(N4CCCC4)cc3)nnc2-c2ccncc2)cc1. The highest BCUT2D eigenvalue weighted by molar-refractivity contribution is 7.99. The molecule has 8 nitrogen and oxygen atoms in total. The lowest BCUT2D eigenvalue weighted by atomic mass is 10.2. The van der Waals surface area contributed by atoms with E-state index in [9.17, 15) is 4.79 Å². The van der Waals surface area contributed by atoms with Crippen molar-refractivity contribution in [2.24, 2.45) is 0 Å². The Morgan fingerprint density at radius 2 is 1.63 bits per heavy atom. The van der Waals surface area contributed by atoms with Crippen molar-refractivity contribution in [3.63, 3.8) is 0 Å². The first kappa shape index (κ1) is 22.9. The number of anilines is 2. The third-order valence-corrected chi connectivity index (χ3v) is 6.79. The van der Waals surface area contributed by atoms with Gasteiger partial charge in [0, 0.05) is 48.1 Å². The molecule has 2 aromatic carbocycles. The summed E-state index contributed by atoms with van der Waals surface area (Å²) in [7, 11) is 1.63. The molecule has 1 aliphatic rings. The number of rotatable bonds is 8. The van der Waals surface area contributed by atoms with E-state index in [1.54, 1.807) is 19.5 Å². The minimum Gasteiger partial charge on any atom is -0.497 e. The first-order valence-electron chi connectivity index (χ1n) is 11.5. The lowest BCUT2D eigenvalue weighted by Crippen LogP contribution is -2.18. The summed E-state index contributed by atoms with van der Waals surface area (Å²) in [6, 6.07) is 19.5. The molecule has 1 amide bonds. The number of aromatic nitrogens is 4. The fourth-order valence-electron chi connectivity index (χ4n) is 4.07. The normalized spacial score (nSPS) is 13.1. The molecule has 2 aromatic heterocycles. The summed E-state index contributed by atoms with van der Waals surface area (Å²) in [5.41, 5.74) is 3.75. The summed E-state index contributed by atoms with van der Waals surface area (Å²) < 4.78 is 7.24. The molecule has 1 saturated heterocycles. The van der Waals surface area contributed by atoms with Crippen LogP contribution in [0.4, 0.5) is 11.4 Å². The van der Waals surface area contributed by atoms with Crippen LogP contribution in [0.3, 0.4) is 0 Å². The number of pyridine rings is 1. The second-order valence-corrected chi connectivity index (χ2v) is 9.10. The Bertz CT molecular complexity index is 1270. The first-order chi connectivity index (χ1) is 17.2. The Balaban J connectivity index is 1.31. The van der Waals surface area contributed by atoms with E-state index in [-0.39, 0.29) is 11.7 Å². The Morgan fingerprint density at radius 3 is 2.31 bits per heavy atom. The van der Waals surface area contributed by atoms with Crippen LogP contribution in [-0.4, -0.2) is 51.6 Å². The van der Waals surface area contributed by atoms with Crippen molar-refractivity contribution in [3.05, 3.63) is 73.1 Å². The molecule has 178 valence electrons. The highest BCUT2D eigenvalue weighted by Gasteiger charge is 2.18. The average molecular weight is 487 g/mol. The molecule has 0 spiro atoms. The number of nitrogens with zero attached hydrogens (tertiary/aromatic N) is 5. The molecule has 1 fully saturated rings. The smallest absolute Gasteiger partial charge is 0.234 e. The maximum absolute atomic E-state index is 12.7. The summed E-state index contributed by atoms with van der Waals surface area (Å²) >= 11 is 1.34. The van der Waals surface area contributed by atoms with Crippen LogP contribution in [0.5, 0.6) is 5.75 Å². The third kappa shape index (κ3) is 5.30. The Morgan fingerprint density at radius 1 is 0.943 bits per heavy atom. The van der Waals surface area contributed by atoms with Gasteiger partial charge in [-0.25, -0.2) is 0 Å². The van der Waals surface area contributed by atoms with Crippen LogP contribution in [0, 0.1) is 0 Å². The highest BCUT2D eigenvalue weighted by atomic mass is 32.2. The van der Waals surface area contributed by atoms with Crippen molar-refractivity contribution < 1.29 is 9.53 Å². The van der Waals surface area contributed by atoms with Crippen molar-refractivity contribution in [3.8, 4) is 22.8 Å². The van der Waals surface area contributed by atoms with Crippen LogP contribution in [0.1, 0.15) is 12.8 Å². The van der Waals surface area contributed by atoms with Gasteiger partial charge in [-0.3, -0.25) is 14.3 Å². The summed E-state index contributed by atoms with van der Waals surface area (Å²) in [5.74, 6) is 1.55. The Kier molecular flexibility index (Phi) is 6.94. The molecule has 1 N–H and O–H groups in total. The minimum atomic E-state index is -0.0985. The van der Waals surface area contributed by atoms with E-state index in [4.69, 9.17) is 4.74 Å². The Labute approximate surface area is 208 Å². The zero-order chi connectivity index (χ0) is 24.0. The van der Waals surface area contributed by atoms with Crippen molar-refractivity contribution in [2.75, 3.05) is 36.2 Å². The van der Waals surface area contributed by atoms with Crippen LogP contribution in [0.25, 0.3) is 17.1 Å². The van der Waals surface area contributed by atoms with Gasteiger partial charge in [0.1, 0.15) is 5.75 Å². The monoisotopic (exact) mass is 486 g/mol. The van der Waals surface area contributed by atoms with Gasteiger partial charge in [-0.15, -0.1) is 10.2 Å². The van der Waals surface area contributed by atoms with Gasteiger partial charge in [-0.2, -0.15) is 0 Å². The fraction of sp³-hybridized carbons (Fsp3) is 0.231. The van der Waals surface area contributed by atoms with Gasteiger partial charge in [-0.1, -0.05) is 11.8 Å². The van der Waals surface area contributed by atoms with Gasteiger partial charge in [0.05, 0.1) is 12.9 Å². The molecule has 35 heavy (non-hydrogen) atoms. The van der Waals surface area contributed by atoms with Crippen LogP contribution >= 0.6 is 11.8 Å². The standard InChI is InChI=1S/C26H26N6O2S/c1-34-23-10-8-22(9-11-23)32-25(19-12-14-27-15-13-19)29-30-26(32)35-18-24(33)28-20-4-6-21(7-5-20)31-16-2-3-17-31/h4-15H,2-3,16-18H2,1H3,(H,28,33). The molecule has 1 aliphatic heterocycles.